The summed E-state index contributed by atoms with van der Waals surface area (Å²) in [5.41, 5.74) is 0. The van der Waals surface area contributed by atoms with Crippen molar-refractivity contribution in [3.8, 4) is 0 Å². The summed E-state index contributed by atoms with van der Waals surface area (Å²) >= 11 is 0. The van der Waals surface area contributed by atoms with E-state index in [1.54, 1.807) is 0 Å². The molecule has 0 radical (unpaired) electrons. The number of aliphatic hydroxyl groups excluding tert-OH is 2. The first kappa shape index (κ1) is 54.5. The number of ether oxygens (including phenoxy) is 2. The number of hydrogen-bond donors (Lipinski definition) is 3. The first-order chi connectivity index (χ1) is 26.8. The van der Waals surface area contributed by atoms with Gasteiger partial charge in [0.25, 0.3) is 0 Å². The van der Waals surface area contributed by atoms with E-state index in [9.17, 15) is 19.4 Å². The maximum absolute atomic E-state index is 12.6. The molecule has 0 aliphatic heterocycles. The molecule has 330 valence electrons. The highest BCUT2D eigenvalue weighted by atomic mass is 31.2. The summed E-state index contributed by atoms with van der Waals surface area (Å²) < 4.78 is 33.4. The van der Waals surface area contributed by atoms with Crippen molar-refractivity contribution in [3.05, 3.63) is 0 Å². The van der Waals surface area contributed by atoms with Crippen LogP contribution in [0.25, 0.3) is 0 Å². The van der Waals surface area contributed by atoms with Crippen molar-refractivity contribution in [2.24, 2.45) is 0 Å². The monoisotopic (exact) mass is 807 g/mol. The van der Waals surface area contributed by atoms with Crippen molar-refractivity contribution in [3.63, 3.8) is 0 Å². The molecule has 0 heterocycles. The van der Waals surface area contributed by atoms with Crippen LogP contribution in [0, 0.1) is 0 Å². The highest BCUT2D eigenvalue weighted by molar-refractivity contribution is 7.47. The van der Waals surface area contributed by atoms with Gasteiger partial charge in [0, 0.05) is 13.0 Å². The Morgan fingerprint density at radius 3 is 1.18 bits per heavy atom. The number of phosphoric acid groups is 1. The Balaban J connectivity index is 4.04. The molecule has 0 saturated heterocycles. The number of carbonyl (C=O) groups is 1. The van der Waals surface area contributed by atoms with Crippen LogP contribution in [0.3, 0.4) is 0 Å². The molecule has 0 aromatic carbocycles. The third-order valence-electron chi connectivity index (χ3n) is 10.5. The summed E-state index contributed by atoms with van der Waals surface area (Å²) in [4.78, 5) is 22.6. The summed E-state index contributed by atoms with van der Waals surface area (Å²) in [6.07, 6.45) is 42.1. The summed E-state index contributed by atoms with van der Waals surface area (Å²) in [5.74, 6) is -0.376. The van der Waals surface area contributed by atoms with Gasteiger partial charge in [0.2, 0.25) is 0 Å². The van der Waals surface area contributed by atoms with Gasteiger partial charge in [-0.1, -0.05) is 219 Å². The third kappa shape index (κ3) is 42.9. The Morgan fingerprint density at radius 1 is 0.491 bits per heavy atom. The lowest BCUT2D eigenvalue weighted by molar-refractivity contribution is -0.154. The van der Waals surface area contributed by atoms with Crippen molar-refractivity contribution < 1.29 is 43.0 Å². The van der Waals surface area contributed by atoms with Crippen LogP contribution in [0.2, 0.25) is 0 Å². The van der Waals surface area contributed by atoms with Crippen molar-refractivity contribution in [1.82, 2.24) is 0 Å². The van der Waals surface area contributed by atoms with Gasteiger partial charge in [0.15, 0.2) is 0 Å². The first-order valence-corrected chi connectivity index (χ1v) is 25.0. The Kier molecular flexibility index (Phi) is 42.6. The zero-order chi connectivity index (χ0) is 40.3. The fourth-order valence-electron chi connectivity index (χ4n) is 6.95. The second-order valence-electron chi connectivity index (χ2n) is 16.1. The molecule has 0 spiro atoms. The molecule has 0 aromatic rings. The number of carbonyl (C=O) groups excluding carboxylic acids is 1. The largest absolute Gasteiger partial charge is 0.472 e. The van der Waals surface area contributed by atoms with E-state index >= 15 is 0 Å². The molecule has 0 fully saturated rings. The van der Waals surface area contributed by atoms with Gasteiger partial charge in [-0.3, -0.25) is 13.8 Å². The number of esters is 1. The van der Waals surface area contributed by atoms with Crippen molar-refractivity contribution in [2.45, 2.75) is 251 Å². The summed E-state index contributed by atoms with van der Waals surface area (Å²) in [5, 5.41) is 18.4. The molecule has 9 nitrogen and oxygen atoms in total. The van der Waals surface area contributed by atoms with Gasteiger partial charge >= 0.3 is 13.8 Å². The van der Waals surface area contributed by atoms with Crippen molar-refractivity contribution in [2.75, 3.05) is 33.0 Å². The number of aliphatic hydroxyl groups is 2. The molecule has 10 heteroatoms. The quantitative estimate of drug-likeness (QED) is 0.0312. The lowest BCUT2D eigenvalue weighted by Gasteiger charge is -2.20. The zero-order valence-corrected chi connectivity index (χ0v) is 37.1. The number of phosphoric ester groups is 1. The molecule has 3 atom stereocenters. The van der Waals surface area contributed by atoms with E-state index in [0.717, 1.165) is 32.1 Å². The predicted octanol–water partition coefficient (Wildman–Crippen LogP) is 13.1. The normalized spacial score (nSPS) is 13.9. The second kappa shape index (κ2) is 43.0. The standard InChI is InChI=1S/C45H91O9P/c1-3-5-7-9-11-13-15-17-19-20-21-22-23-24-26-28-30-32-34-36-38-51-41-44(42-53-55(49,50)52-40-43(47)39-46)54-45(48)37-35-33-31-29-27-25-18-16-14-12-10-8-6-4-2/h43-44,46-47H,3-42H2,1-2H3,(H,49,50). The number of unbranched alkanes of at least 4 members (excludes halogenated alkanes) is 32. The van der Waals surface area contributed by atoms with E-state index in [-0.39, 0.29) is 25.6 Å². The number of hydrogen-bond acceptors (Lipinski definition) is 8. The highest BCUT2D eigenvalue weighted by Gasteiger charge is 2.26. The maximum Gasteiger partial charge on any atom is 0.472 e. The van der Waals surface area contributed by atoms with Gasteiger partial charge in [0.05, 0.1) is 26.4 Å². The summed E-state index contributed by atoms with van der Waals surface area (Å²) in [6, 6.07) is 0. The van der Waals surface area contributed by atoms with Gasteiger partial charge in [-0.2, -0.15) is 0 Å². The molecule has 0 aliphatic carbocycles. The molecule has 0 rings (SSSR count). The second-order valence-corrected chi connectivity index (χ2v) is 17.6. The minimum atomic E-state index is -4.51. The topological polar surface area (TPSA) is 132 Å². The molecule has 0 aromatic heterocycles. The minimum Gasteiger partial charge on any atom is -0.457 e. The maximum atomic E-state index is 12.6. The zero-order valence-electron chi connectivity index (χ0n) is 36.2. The molecular weight excluding hydrogens is 715 g/mol. The molecule has 3 unspecified atom stereocenters. The van der Waals surface area contributed by atoms with E-state index in [1.165, 1.54) is 186 Å². The van der Waals surface area contributed by atoms with Gasteiger partial charge < -0.3 is 24.6 Å². The average molecular weight is 807 g/mol. The van der Waals surface area contributed by atoms with Gasteiger partial charge in [-0.25, -0.2) is 4.57 Å². The predicted molar refractivity (Wildman–Crippen MR) is 228 cm³/mol. The Morgan fingerprint density at radius 2 is 0.818 bits per heavy atom. The summed E-state index contributed by atoms with van der Waals surface area (Å²) in [6.45, 7) is 3.59. The molecule has 55 heavy (non-hydrogen) atoms. The molecule has 0 saturated carbocycles. The van der Waals surface area contributed by atoms with Crippen LogP contribution in [0.5, 0.6) is 0 Å². The van der Waals surface area contributed by atoms with Crippen LogP contribution in [-0.4, -0.2) is 66.3 Å². The molecule has 3 N–H and O–H groups in total. The Bertz CT molecular complexity index is 830. The van der Waals surface area contributed by atoms with E-state index < -0.39 is 33.2 Å². The van der Waals surface area contributed by atoms with Crippen LogP contribution in [0.4, 0.5) is 0 Å². The van der Waals surface area contributed by atoms with Crippen LogP contribution in [0.15, 0.2) is 0 Å². The van der Waals surface area contributed by atoms with Crippen LogP contribution in [0.1, 0.15) is 239 Å². The van der Waals surface area contributed by atoms with E-state index in [2.05, 4.69) is 13.8 Å². The molecule has 0 amide bonds. The Hall–Kier alpha value is -0.540. The lowest BCUT2D eigenvalue weighted by atomic mass is 10.0. The van der Waals surface area contributed by atoms with E-state index in [0.29, 0.717) is 6.61 Å². The van der Waals surface area contributed by atoms with Crippen LogP contribution in [-0.2, 0) is 27.9 Å². The van der Waals surface area contributed by atoms with Gasteiger partial charge in [-0.15, -0.1) is 0 Å². The third-order valence-corrected chi connectivity index (χ3v) is 11.5. The smallest absolute Gasteiger partial charge is 0.457 e. The first-order valence-electron chi connectivity index (χ1n) is 23.5. The molecule has 0 bridgehead atoms. The molecular formula is C45H91O9P. The SMILES string of the molecule is CCCCCCCCCCCCCCCCCCCCCCOCC(COP(=O)(O)OCC(O)CO)OC(=O)CCCCCCCCCCCCCCCC. The number of rotatable bonds is 46. The van der Waals surface area contributed by atoms with Crippen LogP contribution < -0.4 is 0 Å². The van der Waals surface area contributed by atoms with Crippen LogP contribution >= 0.6 is 7.82 Å². The Labute approximate surface area is 339 Å². The van der Waals surface area contributed by atoms with Crippen molar-refractivity contribution >= 4 is 13.8 Å². The highest BCUT2D eigenvalue weighted by Crippen LogP contribution is 2.43. The van der Waals surface area contributed by atoms with E-state index in [4.69, 9.17) is 23.6 Å². The fraction of sp³-hybridized carbons (Fsp3) is 0.978. The van der Waals surface area contributed by atoms with Crippen molar-refractivity contribution in [1.29, 1.82) is 0 Å². The minimum absolute atomic E-state index is 0.0584. The fourth-order valence-corrected chi connectivity index (χ4v) is 7.74. The van der Waals surface area contributed by atoms with Gasteiger partial charge in [0.1, 0.15) is 12.2 Å². The van der Waals surface area contributed by atoms with Gasteiger partial charge in [-0.05, 0) is 12.8 Å². The van der Waals surface area contributed by atoms with E-state index in [1.807, 2.05) is 0 Å². The summed E-state index contributed by atoms with van der Waals surface area (Å²) in [7, 11) is -4.51. The molecule has 0 aliphatic rings. The lowest BCUT2D eigenvalue weighted by Crippen LogP contribution is -2.29. The average Bonchev–Trinajstić information content (AvgIpc) is 3.18.